The Kier molecular flexibility index (Phi) is 19.4. The molecule has 1 aromatic heterocycles. The molecule has 0 radical (unpaired) electrons. The fraction of sp³-hybridized carbons (Fsp3) is 0.800. The molecule has 0 fully saturated rings. The number of carbonyl (C=O) groups excluding carboxylic acids is 3. The van der Waals surface area contributed by atoms with Crippen LogP contribution in [0.4, 0.5) is 5.00 Å². The molecule has 0 bridgehead atoms. The molecule has 0 aliphatic carbocycles. The number of anilines is 1. The Labute approximate surface area is 271 Å². The Hall–Kier alpha value is -2.13. The first-order valence-corrected chi connectivity index (χ1v) is 18.3. The second-order valence-electron chi connectivity index (χ2n) is 12.7. The summed E-state index contributed by atoms with van der Waals surface area (Å²) in [4.78, 5) is 43.4. The topological polar surface area (TPSA) is 102 Å². The molecule has 2 N–H and O–H groups in total. The summed E-state index contributed by atoms with van der Waals surface area (Å²) in [6, 6.07) is 0. The van der Waals surface area contributed by atoms with Crippen LogP contribution in [0.1, 0.15) is 144 Å². The van der Waals surface area contributed by atoms with E-state index in [1.807, 2.05) is 19.0 Å². The van der Waals surface area contributed by atoms with Crippen LogP contribution >= 0.6 is 11.3 Å². The van der Waals surface area contributed by atoms with Crippen molar-refractivity contribution in [3.63, 3.8) is 0 Å². The predicted octanol–water partition coefficient (Wildman–Crippen LogP) is 7.76. The molecule has 0 saturated heterocycles. The fourth-order valence-electron chi connectivity index (χ4n) is 5.85. The Morgan fingerprint density at radius 1 is 0.841 bits per heavy atom. The highest BCUT2D eigenvalue weighted by Gasteiger charge is 2.29. The van der Waals surface area contributed by atoms with Gasteiger partial charge in [-0.1, -0.05) is 78.1 Å². The minimum Gasteiger partial charge on any atom is -0.465 e. The number of fused-ring (bicyclic) bond motifs is 1. The molecule has 0 aromatic carbocycles. The van der Waals surface area contributed by atoms with Crippen LogP contribution in [0.3, 0.4) is 0 Å². The number of amides is 1. The number of nitrogen functional groups attached to an aromatic ring is 1. The minimum atomic E-state index is -0.357. The zero-order chi connectivity index (χ0) is 32.2. The Morgan fingerprint density at radius 3 is 2.14 bits per heavy atom. The van der Waals surface area contributed by atoms with Gasteiger partial charge >= 0.3 is 11.9 Å². The van der Waals surface area contributed by atoms with E-state index in [1.165, 1.54) is 62.7 Å². The van der Waals surface area contributed by atoms with Crippen LogP contribution < -0.4 is 5.73 Å². The quantitative estimate of drug-likeness (QED) is 0.0915. The number of hydrogen-bond donors (Lipinski definition) is 1. The third-order valence-corrected chi connectivity index (χ3v) is 9.59. The van der Waals surface area contributed by atoms with Crippen molar-refractivity contribution in [2.24, 2.45) is 5.92 Å². The molecule has 9 heteroatoms. The number of thiophene rings is 1. The zero-order valence-corrected chi connectivity index (χ0v) is 29.1. The summed E-state index contributed by atoms with van der Waals surface area (Å²) < 4.78 is 11.2. The normalized spacial score (nSPS) is 13.6. The highest BCUT2D eigenvalue weighted by molar-refractivity contribution is 7.16. The predicted molar refractivity (Wildman–Crippen MR) is 181 cm³/mol. The number of esters is 2. The maximum absolute atomic E-state index is 12.9. The summed E-state index contributed by atoms with van der Waals surface area (Å²) in [5, 5.41) is 0.478. The van der Waals surface area contributed by atoms with Crippen molar-refractivity contribution in [1.82, 2.24) is 9.80 Å². The van der Waals surface area contributed by atoms with Gasteiger partial charge in [-0.3, -0.25) is 9.59 Å². The van der Waals surface area contributed by atoms with Crippen LogP contribution in [0.15, 0.2) is 0 Å². The molecule has 252 valence electrons. The van der Waals surface area contributed by atoms with Crippen molar-refractivity contribution in [2.45, 2.75) is 136 Å². The lowest BCUT2D eigenvalue weighted by atomic mass is 9.94. The van der Waals surface area contributed by atoms with Crippen LogP contribution in [0.25, 0.3) is 0 Å². The number of nitrogens with zero attached hydrogens (tertiary/aromatic N) is 2. The fourth-order valence-corrected chi connectivity index (χ4v) is 6.97. The lowest BCUT2D eigenvalue weighted by Gasteiger charge is -2.27. The van der Waals surface area contributed by atoms with Gasteiger partial charge in [0, 0.05) is 24.4 Å². The number of nitrogens with two attached hydrogens (primary N) is 1. The van der Waals surface area contributed by atoms with Crippen molar-refractivity contribution in [3.8, 4) is 0 Å². The first-order chi connectivity index (χ1) is 21.3. The Balaban J connectivity index is 1.69. The van der Waals surface area contributed by atoms with Crippen molar-refractivity contribution in [1.29, 1.82) is 0 Å². The standard InChI is InChI=1S/C35H61N3O5S/c1-5-7-9-11-12-15-20-28(19-14-10-8-6-2)34(40)42-25-17-13-16-21-31(39)38-24-22-29-30(27-38)44-33(36)32(29)35(41)43-26-18-23-37(3)4/h28H,5-27,36H2,1-4H3. The SMILES string of the molecule is CCCCCCCCC(CCCCCC)C(=O)OCCCCCC(=O)N1CCc2c(sc(N)c2C(=O)OCCCN(C)C)C1. The van der Waals surface area contributed by atoms with E-state index in [-0.39, 0.29) is 23.8 Å². The maximum Gasteiger partial charge on any atom is 0.341 e. The molecule has 2 heterocycles. The number of rotatable bonds is 24. The van der Waals surface area contributed by atoms with Gasteiger partial charge in [-0.2, -0.15) is 0 Å². The lowest BCUT2D eigenvalue weighted by molar-refractivity contribution is -0.149. The Morgan fingerprint density at radius 2 is 1.45 bits per heavy atom. The highest BCUT2D eigenvalue weighted by Crippen LogP contribution is 2.36. The second kappa shape index (κ2) is 22.4. The van der Waals surface area contributed by atoms with Crippen molar-refractivity contribution in [3.05, 3.63) is 16.0 Å². The molecule has 1 aliphatic rings. The van der Waals surface area contributed by atoms with E-state index in [2.05, 4.69) is 18.7 Å². The molecule has 1 amide bonds. The van der Waals surface area contributed by atoms with Gasteiger partial charge in [-0.05, 0) is 64.6 Å². The van der Waals surface area contributed by atoms with Gasteiger partial charge in [-0.25, -0.2) is 4.79 Å². The summed E-state index contributed by atoms with van der Waals surface area (Å²) in [5.74, 6) is -0.231. The van der Waals surface area contributed by atoms with E-state index in [9.17, 15) is 14.4 Å². The average molecular weight is 636 g/mol. The number of ether oxygens (including phenoxy) is 2. The van der Waals surface area contributed by atoms with Crippen molar-refractivity contribution >= 4 is 34.2 Å². The van der Waals surface area contributed by atoms with Crippen LogP contribution in [-0.4, -0.2) is 68.0 Å². The maximum atomic E-state index is 12.9. The van der Waals surface area contributed by atoms with E-state index in [4.69, 9.17) is 15.2 Å². The number of unbranched alkanes of at least 4 members (excludes halogenated alkanes) is 10. The van der Waals surface area contributed by atoms with Gasteiger partial charge in [0.15, 0.2) is 0 Å². The molecule has 1 aromatic rings. The molecular formula is C35H61N3O5S. The molecule has 0 spiro atoms. The molecule has 1 atom stereocenters. The molecule has 8 nitrogen and oxygen atoms in total. The molecule has 1 unspecified atom stereocenters. The van der Waals surface area contributed by atoms with Crippen molar-refractivity contribution < 1.29 is 23.9 Å². The zero-order valence-electron chi connectivity index (χ0n) is 28.3. The monoisotopic (exact) mass is 635 g/mol. The van der Waals surface area contributed by atoms with Crippen LogP contribution in [0, 0.1) is 5.92 Å². The summed E-state index contributed by atoms with van der Waals surface area (Å²) >= 11 is 1.39. The van der Waals surface area contributed by atoms with Crippen molar-refractivity contribution in [2.75, 3.05) is 46.1 Å². The van der Waals surface area contributed by atoms with Crippen LogP contribution in [0.2, 0.25) is 0 Å². The van der Waals surface area contributed by atoms with Gasteiger partial charge in [0.25, 0.3) is 0 Å². The van der Waals surface area contributed by atoms with E-state index in [0.717, 1.165) is 68.4 Å². The molecule has 0 saturated carbocycles. The lowest BCUT2D eigenvalue weighted by Crippen LogP contribution is -2.35. The highest BCUT2D eigenvalue weighted by atomic mass is 32.1. The van der Waals surface area contributed by atoms with E-state index >= 15 is 0 Å². The van der Waals surface area contributed by atoms with Gasteiger partial charge in [0.1, 0.15) is 5.00 Å². The largest absolute Gasteiger partial charge is 0.465 e. The van der Waals surface area contributed by atoms with Gasteiger partial charge < -0.3 is 25.0 Å². The third kappa shape index (κ3) is 14.3. The van der Waals surface area contributed by atoms with Gasteiger partial charge in [0.05, 0.1) is 31.2 Å². The smallest absolute Gasteiger partial charge is 0.341 e. The second-order valence-corrected chi connectivity index (χ2v) is 13.8. The van der Waals surface area contributed by atoms with E-state index < -0.39 is 0 Å². The summed E-state index contributed by atoms with van der Waals surface area (Å²) in [5.41, 5.74) is 7.65. The molecule has 44 heavy (non-hydrogen) atoms. The van der Waals surface area contributed by atoms with Gasteiger partial charge in [-0.15, -0.1) is 11.3 Å². The number of carbonyl (C=O) groups is 3. The summed E-state index contributed by atoms with van der Waals surface area (Å²) in [6.07, 6.45) is 18.3. The summed E-state index contributed by atoms with van der Waals surface area (Å²) in [6.45, 7) is 7.17. The molecule has 1 aliphatic heterocycles. The first-order valence-electron chi connectivity index (χ1n) is 17.4. The molecule has 2 rings (SSSR count). The minimum absolute atomic E-state index is 0.0257. The first kappa shape index (κ1) is 38.1. The van der Waals surface area contributed by atoms with E-state index in [1.54, 1.807) is 0 Å². The number of hydrogen-bond acceptors (Lipinski definition) is 8. The average Bonchev–Trinajstić information content (AvgIpc) is 3.34. The van der Waals surface area contributed by atoms with Crippen LogP contribution in [0.5, 0.6) is 0 Å². The summed E-state index contributed by atoms with van der Waals surface area (Å²) in [7, 11) is 3.98. The molecular weight excluding hydrogens is 574 g/mol. The van der Waals surface area contributed by atoms with E-state index in [0.29, 0.717) is 49.7 Å². The van der Waals surface area contributed by atoms with Gasteiger partial charge in [0.2, 0.25) is 5.91 Å². The Bertz CT molecular complexity index is 980. The third-order valence-electron chi connectivity index (χ3n) is 8.55. The van der Waals surface area contributed by atoms with Crippen LogP contribution in [-0.2, 0) is 32.0 Å².